The first-order chi connectivity index (χ1) is 10.7. The summed E-state index contributed by atoms with van der Waals surface area (Å²) >= 11 is 16.1. The summed E-state index contributed by atoms with van der Waals surface area (Å²) in [5, 5.41) is 9.68. The van der Waals surface area contributed by atoms with Crippen molar-refractivity contribution in [2.75, 3.05) is 0 Å². The lowest BCUT2D eigenvalue weighted by atomic mass is 10.0. The standard InChI is InChI=1S/C18H12Cl2S2/c19-17-5-6-18(20)16(4-2-14-8-10-22-12-14)15(17)3-1-13-7-9-21-11-13/h1-12H/b3-1+,4-2+. The molecule has 0 aliphatic heterocycles. The van der Waals surface area contributed by atoms with Crippen LogP contribution in [0.1, 0.15) is 22.3 Å². The molecule has 3 aromatic rings. The largest absolute Gasteiger partial charge is 0.152 e. The Morgan fingerprint density at radius 3 is 1.45 bits per heavy atom. The molecule has 0 nitrogen and oxygen atoms in total. The van der Waals surface area contributed by atoms with E-state index in [4.69, 9.17) is 23.2 Å². The molecule has 0 amide bonds. The molecule has 110 valence electrons. The Balaban J connectivity index is 1.99. The van der Waals surface area contributed by atoms with Gasteiger partial charge in [-0.1, -0.05) is 47.5 Å². The predicted molar refractivity (Wildman–Crippen MR) is 103 cm³/mol. The van der Waals surface area contributed by atoms with E-state index in [0.29, 0.717) is 10.0 Å². The second-order valence-electron chi connectivity index (χ2n) is 4.64. The van der Waals surface area contributed by atoms with E-state index < -0.39 is 0 Å². The molecule has 3 rings (SSSR count). The maximum Gasteiger partial charge on any atom is 0.0485 e. The first-order valence-electron chi connectivity index (χ1n) is 6.62. The zero-order chi connectivity index (χ0) is 15.4. The zero-order valence-electron chi connectivity index (χ0n) is 11.5. The average Bonchev–Trinajstić information content (AvgIpc) is 3.19. The Morgan fingerprint density at radius 2 is 1.09 bits per heavy atom. The number of benzene rings is 1. The number of rotatable bonds is 4. The fourth-order valence-corrected chi connectivity index (χ4v) is 3.73. The third-order valence-electron chi connectivity index (χ3n) is 3.15. The Hall–Kier alpha value is -1.32. The summed E-state index contributed by atoms with van der Waals surface area (Å²) in [6.07, 6.45) is 8.14. The fraction of sp³-hybridized carbons (Fsp3) is 0. The molecule has 2 heterocycles. The van der Waals surface area contributed by atoms with E-state index in [1.807, 2.05) is 24.3 Å². The van der Waals surface area contributed by atoms with Crippen molar-refractivity contribution in [1.29, 1.82) is 0 Å². The van der Waals surface area contributed by atoms with E-state index in [1.54, 1.807) is 22.7 Å². The molecule has 4 heteroatoms. The topological polar surface area (TPSA) is 0 Å². The van der Waals surface area contributed by atoms with Crippen LogP contribution >= 0.6 is 45.9 Å². The Kier molecular flexibility index (Phi) is 5.16. The molecule has 0 saturated heterocycles. The highest BCUT2D eigenvalue weighted by molar-refractivity contribution is 7.08. The van der Waals surface area contributed by atoms with Crippen LogP contribution in [0.5, 0.6) is 0 Å². The van der Waals surface area contributed by atoms with Gasteiger partial charge in [-0.3, -0.25) is 0 Å². The van der Waals surface area contributed by atoms with Gasteiger partial charge in [-0.15, -0.1) is 0 Å². The molecular weight excluding hydrogens is 351 g/mol. The smallest absolute Gasteiger partial charge is 0.0485 e. The minimum Gasteiger partial charge on any atom is -0.152 e. The van der Waals surface area contributed by atoms with Crippen LogP contribution in [0.3, 0.4) is 0 Å². The summed E-state index contributed by atoms with van der Waals surface area (Å²) in [5.41, 5.74) is 4.20. The first kappa shape index (κ1) is 15.6. The molecule has 2 aromatic heterocycles. The maximum atomic E-state index is 6.36. The third kappa shape index (κ3) is 3.71. The van der Waals surface area contributed by atoms with Gasteiger partial charge in [-0.25, -0.2) is 0 Å². The van der Waals surface area contributed by atoms with Crippen molar-refractivity contribution in [2.45, 2.75) is 0 Å². The van der Waals surface area contributed by atoms with Gasteiger partial charge in [0.2, 0.25) is 0 Å². The summed E-state index contributed by atoms with van der Waals surface area (Å²) in [5.74, 6) is 0. The zero-order valence-corrected chi connectivity index (χ0v) is 14.6. The molecule has 0 spiro atoms. The van der Waals surface area contributed by atoms with Gasteiger partial charge in [-0.2, -0.15) is 22.7 Å². The normalized spacial score (nSPS) is 11.7. The Morgan fingerprint density at radius 1 is 0.636 bits per heavy atom. The maximum absolute atomic E-state index is 6.36. The number of halogens is 2. The first-order valence-corrected chi connectivity index (χ1v) is 9.27. The lowest BCUT2D eigenvalue weighted by Crippen LogP contribution is -1.85. The van der Waals surface area contributed by atoms with Gasteiger partial charge < -0.3 is 0 Å². The van der Waals surface area contributed by atoms with E-state index in [1.165, 1.54) is 0 Å². The van der Waals surface area contributed by atoms with Crippen molar-refractivity contribution in [2.24, 2.45) is 0 Å². The lowest BCUT2D eigenvalue weighted by molar-refractivity contribution is 1.61. The number of hydrogen-bond donors (Lipinski definition) is 0. The monoisotopic (exact) mass is 362 g/mol. The van der Waals surface area contributed by atoms with Gasteiger partial charge in [0.25, 0.3) is 0 Å². The van der Waals surface area contributed by atoms with Crippen LogP contribution in [0.4, 0.5) is 0 Å². The van der Waals surface area contributed by atoms with Gasteiger partial charge in [0, 0.05) is 21.2 Å². The predicted octanol–water partition coefficient (Wildman–Crippen LogP) is 7.46. The van der Waals surface area contributed by atoms with Crippen LogP contribution < -0.4 is 0 Å². The molecule has 0 saturated carbocycles. The molecule has 0 radical (unpaired) electrons. The summed E-state index contributed by atoms with van der Waals surface area (Å²) < 4.78 is 0. The molecule has 22 heavy (non-hydrogen) atoms. The Bertz CT molecular complexity index is 729. The third-order valence-corrected chi connectivity index (χ3v) is 5.21. The molecule has 0 bridgehead atoms. The highest BCUT2D eigenvalue weighted by Crippen LogP contribution is 2.30. The van der Waals surface area contributed by atoms with Crippen molar-refractivity contribution in [3.63, 3.8) is 0 Å². The second-order valence-corrected chi connectivity index (χ2v) is 7.01. The van der Waals surface area contributed by atoms with E-state index in [9.17, 15) is 0 Å². The molecule has 0 aliphatic rings. The highest BCUT2D eigenvalue weighted by Gasteiger charge is 2.07. The average molecular weight is 363 g/mol. The quantitative estimate of drug-likeness (QED) is 0.451. The van der Waals surface area contributed by atoms with Crippen LogP contribution in [0.25, 0.3) is 24.3 Å². The van der Waals surface area contributed by atoms with Gasteiger partial charge in [0.05, 0.1) is 0 Å². The van der Waals surface area contributed by atoms with Crippen molar-refractivity contribution in [3.05, 3.63) is 78.1 Å². The van der Waals surface area contributed by atoms with Gasteiger partial charge in [-0.05, 0) is 56.9 Å². The van der Waals surface area contributed by atoms with Crippen molar-refractivity contribution < 1.29 is 0 Å². The summed E-state index contributed by atoms with van der Waals surface area (Å²) in [6, 6.07) is 7.80. The van der Waals surface area contributed by atoms with Crippen LogP contribution in [-0.2, 0) is 0 Å². The van der Waals surface area contributed by atoms with Gasteiger partial charge in [0.1, 0.15) is 0 Å². The Labute approximate surface area is 148 Å². The molecule has 0 N–H and O–H groups in total. The summed E-state index contributed by atoms with van der Waals surface area (Å²) in [7, 11) is 0. The van der Waals surface area contributed by atoms with E-state index in [-0.39, 0.29) is 0 Å². The van der Waals surface area contributed by atoms with Crippen molar-refractivity contribution >= 4 is 70.2 Å². The number of thiophene rings is 2. The molecule has 0 unspecified atom stereocenters. The minimum atomic E-state index is 0.695. The van der Waals surface area contributed by atoms with E-state index >= 15 is 0 Å². The molecule has 1 aromatic carbocycles. The fourth-order valence-electron chi connectivity index (χ4n) is 2.02. The minimum absolute atomic E-state index is 0.695. The van der Waals surface area contributed by atoms with Crippen LogP contribution in [-0.4, -0.2) is 0 Å². The van der Waals surface area contributed by atoms with Crippen molar-refractivity contribution in [3.8, 4) is 0 Å². The number of hydrogen-bond acceptors (Lipinski definition) is 2. The molecule has 0 aliphatic carbocycles. The lowest BCUT2D eigenvalue weighted by Gasteiger charge is -2.06. The van der Waals surface area contributed by atoms with Gasteiger partial charge >= 0.3 is 0 Å². The van der Waals surface area contributed by atoms with Crippen LogP contribution in [0.2, 0.25) is 10.0 Å². The van der Waals surface area contributed by atoms with Crippen molar-refractivity contribution in [1.82, 2.24) is 0 Å². The van der Waals surface area contributed by atoms with Crippen LogP contribution in [0, 0.1) is 0 Å². The van der Waals surface area contributed by atoms with Gasteiger partial charge in [0.15, 0.2) is 0 Å². The van der Waals surface area contributed by atoms with E-state index in [0.717, 1.165) is 22.3 Å². The van der Waals surface area contributed by atoms with E-state index in [2.05, 4.69) is 45.8 Å². The van der Waals surface area contributed by atoms with Crippen LogP contribution in [0.15, 0.2) is 45.8 Å². The second kappa shape index (κ2) is 7.30. The molecule has 0 fully saturated rings. The molecular formula is C18H12Cl2S2. The summed E-state index contributed by atoms with van der Waals surface area (Å²) in [4.78, 5) is 0. The highest BCUT2D eigenvalue weighted by atomic mass is 35.5. The molecule has 0 atom stereocenters. The SMILES string of the molecule is Clc1ccc(Cl)c(/C=C/c2ccsc2)c1/C=C/c1ccsc1. The summed E-state index contributed by atoms with van der Waals surface area (Å²) in [6.45, 7) is 0.